The van der Waals surface area contributed by atoms with E-state index in [1.54, 1.807) is 44.2 Å². The lowest BCUT2D eigenvalue weighted by Crippen LogP contribution is -2.38. The Morgan fingerprint density at radius 1 is 1.20 bits per heavy atom. The van der Waals surface area contributed by atoms with Crippen LogP contribution in [0.3, 0.4) is 0 Å². The van der Waals surface area contributed by atoms with E-state index in [9.17, 15) is 19.6 Å². The Bertz CT molecular complexity index is 1370. The number of esters is 1. The van der Waals surface area contributed by atoms with Gasteiger partial charge in [-0.05, 0) is 32.9 Å². The van der Waals surface area contributed by atoms with E-state index >= 15 is 0 Å². The lowest BCUT2D eigenvalue weighted by Gasteiger charge is -2.25. The van der Waals surface area contributed by atoms with Crippen LogP contribution in [0.1, 0.15) is 27.0 Å². The molecule has 1 aromatic carbocycles. The fourth-order valence-corrected chi connectivity index (χ4v) is 5.49. The molecule has 1 fully saturated rings. The number of benzene rings is 1. The van der Waals surface area contributed by atoms with Crippen molar-refractivity contribution in [1.29, 1.82) is 0 Å². The molecule has 1 unspecified atom stereocenters. The first kappa shape index (κ1) is 30.4. The number of nitrogens with one attached hydrogen (secondary N) is 1. The number of hydrogen-bond acceptors (Lipinski definition) is 13. The molecule has 0 radical (unpaired) electrons. The number of ether oxygens (including phenoxy) is 3. The topological polar surface area (TPSA) is 202 Å². The third-order valence-electron chi connectivity index (χ3n) is 5.90. The van der Waals surface area contributed by atoms with Gasteiger partial charge in [0, 0.05) is 6.07 Å². The van der Waals surface area contributed by atoms with Crippen LogP contribution in [0.4, 0.5) is 5.95 Å². The van der Waals surface area contributed by atoms with E-state index in [-0.39, 0.29) is 17.6 Å². The van der Waals surface area contributed by atoms with Gasteiger partial charge in [0.15, 0.2) is 6.23 Å². The van der Waals surface area contributed by atoms with Crippen molar-refractivity contribution in [3.63, 3.8) is 0 Å². The number of carbonyl (C=O) groups is 1. The second-order valence-corrected chi connectivity index (χ2v) is 11.1. The molecule has 41 heavy (non-hydrogen) atoms. The number of aliphatic hydroxyl groups is 2. The van der Waals surface area contributed by atoms with Crippen LogP contribution in [0.25, 0.3) is 11.4 Å². The van der Waals surface area contributed by atoms with Crippen molar-refractivity contribution in [3.8, 4) is 23.0 Å². The summed E-state index contributed by atoms with van der Waals surface area (Å²) >= 11 is 0. The zero-order valence-electron chi connectivity index (χ0n) is 22.9. The van der Waals surface area contributed by atoms with Gasteiger partial charge in [-0.1, -0.05) is 18.2 Å². The SMILES string of the molecule is COc1cc(-c2cncn2[C@@H]2O[C@H](CO[P@@](=O)(N[C@@H](C)C(=O)OC(C)C)Oc3ccccc3)[C@H](O)C2O)nc(N)n1. The zero-order valence-corrected chi connectivity index (χ0v) is 23.8. The number of methoxy groups -OCH3 is 1. The Hall–Kier alpha value is -3.59. The quantitative estimate of drug-likeness (QED) is 0.175. The number of imidazole rings is 1. The number of para-hydroxylation sites is 1. The first-order valence-corrected chi connectivity index (χ1v) is 14.2. The molecule has 0 amide bonds. The van der Waals surface area contributed by atoms with E-state index in [1.165, 1.54) is 37.2 Å². The molecule has 222 valence electrons. The Kier molecular flexibility index (Phi) is 9.58. The lowest BCUT2D eigenvalue weighted by atomic mass is 10.1. The summed E-state index contributed by atoms with van der Waals surface area (Å²) < 4.78 is 42.7. The predicted octanol–water partition coefficient (Wildman–Crippen LogP) is 1.68. The highest BCUT2D eigenvalue weighted by atomic mass is 31.2. The maximum Gasteiger partial charge on any atom is 0.459 e. The number of nitrogens with two attached hydrogens (primary N) is 1. The smallest absolute Gasteiger partial charge is 0.459 e. The number of hydrogen-bond donors (Lipinski definition) is 4. The average Bonchev–Trinajstić information content (AvgIpc) is 3.52. The molecule has 5 N–H and O–H groups in total. The first-order chi connectivity index (χ1) is 19.5. The third-order valence-corrected chi connectivity index (χ3v) is 7.55. The van der Waals surface area contributed by atoms with Gasteiger partial charge in [0.2, 0.25) is 11.8 Å². The van der Waals surface area contributed by atoms with E-state index in [0.717, 1.165) is 0 Å². The molecular formula is C25H33N6O9P. The van der Waals surface area contributed by atoms with Gasteiger partial charge < -0.3 is 34.7 Å². The second-order valence-electron chi connectivity index (χ2n) is 9.42. The summed E-state index contributed by atoms with van der Waals surface area (Å²) in [6.07, 6.45) is -2.69. The molecular weight excluding hydrogens is 559 g/mol. The molecule has 0 saturated carbocycles. The molecule has 1 aliphatic heterocycles. The van der Waals surface area contributed by atoms with Gasteiger partial charge in [-0.2, -0.15) is 10.1 Å². The minimum Gasteiger partial charge on any atom is -0.481 e. The van der Waals surface area contributed by atoms with Crippen molar-refractivity contribution in [2.24, 2.45) is 0 Å². The minimum absolute atomic E-state index is 0.0422. The van der Waals surface area contributed by atoms with Gasteiger partial charge in [0.25, 0.3) is 0 Å². The molecule has 3 aromatic rings. The monoisotopic (exact) mass is 592 g/mol. The van der Waals surface area contributed by atoms with Crippen molar-refractivity contribution in [1.82, 2.24) is 24.6 Å². The molecule has 16 heteroatoms. The fraction of sp³-hybridized carbons (Fsp3) is 0.440. The van der Waals surface area contributed by atoms with Crippen LogP contribution in [0.2, 0.25) is 0 Å². The van der Waals surface area contributed by atoms with Crippen LogP contribution in [0.15, 0.2) is 48.9 Å². The minimum atomic E-state index is -4.23. The van der Waals surface area contributed by atoms with Crippen LogP contribution < -0.4 is 20.1 Å². The standard InChI is InChI=1S/C25H33N6O9P/c1-14(2)38-24(34)15(3)30-41(35,40-16-8-6-5-7-9-16)37-12-19-21(32)22(33)23(39-19)31-13-27-11-18(31)17-10-20(36-4)29-25(26)28-17/h5-11,13-15,19,21-23,32-33H,12H2,1-4H3,(H,30,35)(H2,26,28,29)/t15-,19+,21-,22?,23+,41-/m0/s1. The van der Waals surface area contributed by atoms with Crippen molar-refractivity contribution in [3.05, 3.63) is 48.9 Å². The van der Waals surface area contributed by atoms with Crippen molar-refractivity contribution < 1.29 is 42.8 Å². The molecule has 1 aliphatic rings. The van der Waals surface area contributed by atoms with E-state index < -0.39 is 57.0 Å². The first-order valence-electron chi connectivity index (χ1n) is 12.7. The lowest BCUT2D eigenvalue weighted by molar-refractivity contribution is -0.149. The van der Waals surface area contributed by atoms with Crippen LogP contribution in [0, 0.1) is 0 Å². The van der Waals surface area contributed by atoms with E-state index in [4.69, 9.17) is 29.0 Å². The number of aromatic nitrogens is 4. The predicted molar refractivity (Wildman–Crippen MR) is 145 cm³/mol. The Morgan fingerprint density at radius 3 is 2.61 bits per heavy atom. The second kappa shape index (κ2) is 12.9. The molecule has 6 atom stereocenters. The van der Waals surface area contributed by atoms with Crippen LogP contribution in [-0.4, -0.2) is 79.9 Å². The average molecular weight is 593 g/mol. The summed E-state index contributed by atoms with van der Waals surface area (Å²) in [5.74, 6) is -0.281. The van der Waals surface area contributed by atoms with E-state index in [0.29, 0.717) is 11.4 Å². The van der Waals surface area contributed by atoms with Crippen LogP contribution in [-0.2, 0) is 23.4 Å². The summed E-state index contributed by atoms with van der Waals surface area (Å²) in [6.45, 7) is 4.34. The molecule has 0 spiro atoms. The largest absolute Gasteiger partial charge is 0.481 e. The number of rotatable bonds is 12. The summed E-state index contributed by atoms with van der Waals surface area (Å²) in [7, 11) is -2.81. The summed E-state index contributed by atoms with van der Waals surface area (Å²) in [5, 5.41) is 24.2. The van der Waals surface area contributed by atoms with E-state index in [2.05, 4.69) is 20.0 Å². The van der Waals surface area contributed by atoms with Crippen molar-refractivity contribution >= 4 is 19.7 Å². The van der Waals surface area contributed by atoms with Crippen molar-refractivity contribution in [2.45, 2.75) is 57.5 Å². The van der Waals surface area contributed by atoms with Gasteiger partial charge in [0.05, 0.1) is 43.7 Å². The molecule has 2 aromatic heterocycles. The Balaban J connectivity index is 1.52. The maximum absolute atomic E-state index is 13.8. The third kappa shape index (κ3) is 7.38. The maximum atomic E-state index is 13.8. The summed E-state index contributed by atoms with van der Waals surface area (Å²) in [4.78, 5) is 24.6. The van der Waals surface area contributed by atoms with Gasteiger partial charge in [-0.15, -0.1) is 0 Å². The van der Waals surface area contributed by atoms with Crippen molar-refractivity contribution in [2.75, 3.05) is 19.5 Å². The highest BCUT2D eigenvalue weighted by molar-refractivity contribution is 7.52. The van der Waals surface area contributed by atoms with Gasteiger partial charge >= 0.3 is 13.7 Å². The molecule has 1 saturated heterocycles. The Morgan fingerprint density at radius 2 is 1.93 bits per heavy atom. The van der Waals surface area contributed by atoms with E-state index in [1.807, 2.05) is 0 Å². The van der Waals surface area contributed by atoms with Gasteiger partial charge in [-0.3, -0.25) is 13.9 Å². The number of nitrogens with zero attached hydrogens (tertiary/aromatic N) is 4. The summed E-state index contributed by atoms with van der Waals surface area (Å²) in [5.41, 5.74) is 6.52. The summed E-state index contributed by atoms with van der Waals surface area (Å²) in [6, 6.07) is 8.67. The number of anilines is 1. The number of aliphatic hydroxyl groups excluding tert-OH is 2. The Labute approximate surface area is 236 Å². The van der Waals surface area contributed by atoms with Gasteiger partial charge in [0.1, 0.15) is 30.1 Å². The fourth-order valence-electron chi connectivity index (χ4n) is 3.99. The van der Waals surface area contributed by atoms with Crippen LogP contribution in [0.5, 0.6) is 11.6 Å². The molecule has 0 aliphatic carbocycles. The van der Waals surface area contributed by atoms with Gasteiger partial charge in [-0.25, -0.2) is 14.5 Å². The molecule has 4 rings (SSSR count). The molecule has 3 heterocycles. The highest BCUT2D eigenvalue weighted by Crippen LogP contribution is 2.46. The number of carbonyl (C=O) groups excluding carboxylic acids is 1. The van der Waals surface area contributed by atoms with Crippen LogP contribution >= 0.6 is 7.75 Å². The molecule has 15 nitrogen and oxygen atoms in total. The normalized spacial score (nSPS) is 22.7. The number of nitrogen functional groups attached to an aromatic ring is 1. The molecule has 0 bridgehead atoms. The zero-order chi connectivity index (χ0) is 29.7. The highest BCUT2D eigenvalue weighted by Gasteiger charge is 2.46.